The van der Waals surface area contributed by atoms with Crippen LogP contribution in [0.4, 0.5) is 11.4 Å². The molecule has 1 fully saturated rings. The van der Waals surface area contributed by atoms with Crippen LogP contribution in [0.15, 0.2) is 58.3 Å². The van der Waals surface area contributed by atoms with Gasteiger partial charge in [-0.25, -0.2) is 0 Å². The summed E-state index contributed by atoms with van der Waals surface area (Å²) < 4.78 is 0. The van der Waals surface area contributed by atoms with Gasteiger partial charge in [-0.05, 0) is 63.3 Å². The van der Waals surface area contributed by atoms with Gasteiger partial charge in [0.1, 0.15) is 0 Å². The monoisotopic (exact) mass is 382 g/mol. The van der Waals surface area contributed by atoms with Crippen molar-refractivity contribution in [3.63, 3.8) is 0 Å². The number of anilines is 2. The summed E-state index contributed by atoms with van der Waals surface area (Å²) in [5.74, 6) is 1.87. The molecule has 2 heterocycles. The van der Waals surface area contributed by atoms with E-state index in [1.165, 1.54) is 40.4 Å². The van der Waals surface area contributed by atoms with Crippen LogP contribution >= 0.6 is 23.5 Å². The Morgan fingerprint density at radius 3 is 2.35 bits per heavy atom. The van der Waals surface area contributed by atoms with E-state index in [4.69, 9.17) is 0 Å². The largest absolute Gasteiger partial charge is 0.378 e. The van der Waals surface area contributed by atoms with Gasteiger partial charge in [-0.3, -0.25) is 0 Å². The molecule has 1 saturated carbocycles. The summed E-state index contributed by atoms with van der Waals surface area (Å²) in [5, 5.41) is 8.44. The Kier molecular flexibility index (Phi) is 3.98. The number of fused-ring (bicyclic) bond motifs is 3. The highest BCUT2D eigenvalue weighted by molar-refractivity contribution is 8.00. The number of nitrogens with one attached hydrogen (secondary N) is 2. The number of rotatable bonds is 1. The van der Waals surface area contributed by atoms with Gasteiger partial charge in [0, 0.05) is 43.2 Å². The minimum atomic E-state index is 0.178. The van der Waals surface area contributed by atoms with Gasteiger partial charge < -0.3 is 10.6 Å². The molecule has 5 rings (SSSR count). The predicted molar refractivity (Wildman–Crippen MR) is 115 cm³/mol. The fourth-order valence-corrected chi connectivity index (χ4v) is 7.48. The molecule has 2 nitrogen and oxygen atoms in total. The Labute approximate surface area is 164 Å². The molecule has 1 aliphatic carbocycles. The number of thioether (sulfide) groups is 2. The number of benzene rings is 2. The lowest BCUT2D eigenvalue weighted by Crippen LogP contribution is -2.56. The van der Waals surface area contributed by atoms with Gasteiger partial charge in [-0.15, -0.1) is 23.5 Å². The maximum Gasteiger partial charge on any atom is 0.0483 e. The fraction of sp³-hybridized carbons (Fsp3) is 0.455. The Morgan fingerprint density at radius 2 is 1.54 bits per heavy atom. The molecular weight excluding hydrogens is 356 g/mol. The highest BCUT2D eigenvalue weighted by Crippen LogP contribution is 2.53. The number of hydrogen-bond acceptors (Lipinski definition) is 4. The Morgan fingerprint density at radius 1 is 0.885 bits per heavy atom. The van der Waals surface area contributed by atoms with Gasteiger partial charge in [0.15, 0.2) is 0 Å². The molecule has 2 N–H and O–H groups in total. The third-order valence-corrected chi connectivity index (χ3v) is 9.55. The Bertz CT molecular complexity index is 838. The van der Waals surface area contributed by atoms with Crippen LogP contribution in [0.2, 0.25) is 0 Å². The number of hydrogen-bond donors (Lipinski definition) is 2. The Hall–Kier alpha value is -1.26. The third-order valence-electron chi connectivity index (χ3n) is 6.53. The molecule has 0 spiro atoms. The second-order valence-corrected chi connectivity index (χ2v) is 10.7. The molecular formula is C22H26N2S2. The normalized spacial score (nSPS) is 35.3. The average molecular weight is 383 g/mol. The minimum Gasteiger partial charge on any atom is -0.378 e. The predicted octanol–water partition coefficient (Wildman–Crippen LogP) is 6.11. The van der Waals surface area contributed by atoms with E-state index in [0.717, 1.165) is 5.75 Å². The number of para-hydroxylation sites is 2. The van der Waals surface area contributed by atoms with E-state index in [1.807, 2.05) is 11.8 Å². The smallest absolute Gasteiger partial charge is 0.0483 e. The summed E-state index contributed by atoms with van der Waals surface area (Å²) >= 11 is 4.12. The maximum absolute atomic E-state index is 3.92. The molecule has 0 radical (unpaired) electrons. The summed E-state index contributed by atoms with van der Waals surface area (Å²) in [5.41, 5.74) is 3.03. The van der Waals surface area contributed by atoms with E-state index in [0.29, 0.717) is 11.2 Å². The van der Waals surface area contributed by atoms with Crippen LogP contribution in [0, 0.1) is 5.92 Å². The lowest BCUT2D eigenvalue weighted by Gasteiger charge is -2.53. The molecule has 4 heteroatoms. The fourth-order valence-electron chi connectivity index (χ4n) is 4.79. The Balaban J connectivity index is 1.39. The molecule has 3 aliphatic rings. The maximum atomic E-state index is 3.92. The molecule has 2 aromatic carbocycles. The first kappa shape index (κ1) is 16.9. The molecule has 4 atom stereocenters. The first-order chi connectivity index (χ1) is 12.6. The quantitative estimate of drug-likeness (QED) is 0.621. The first-order valence-corrected chi connectivity index (χ1v) is 11.5. The molecule has 4 unspecified atom stereocenters. The summed E-state index contributed by atoms with van der Waals surface area (Å²) in [6.45, 7) is 4.87. The lowest BCUT2D eigenvalue weighted by atomic mass is 9.70. The van der Waals surface area contributed by atoms with Crippen LogP contribution in [0.25, 0.3) is 0 Å². The van der Waals surface area contributed by atoms with Crippen LogP contribution in [0.1, 0.15) is 33.1 Å². The summed E-state index contributed by atoms with van der Waals surface area (Å²) in [4.78, 5) is 2.81. The summed E-state index contributed by atoms with van der Waals surface area (Å²) in [7, 11) is 0. The van der Waals surface area contributed by atoms with Crippen LogP contribution in [-0.2, 0) is 0 Å². The molecule has 2 aromatic rings. The van der Waals surface area contributed by atoms with Crippen molar-refractivity contribution in [2.24, 2.45) is 5.92 Å². The van der Waals surface area contributed by atoms with E-state index in [-0.39, 0.29) is 11.1 Å². The van der Waals surface area contributed by atoms with Gasteiger partial charge >= 0.3 is 0 Å². The van der Waals surface area contributed by atoms with Crippen LogP contribution in [-0.4, -0.2) is 22.1 Å². The molecule has 0 saturated heterocycles. The summed E-state index contributed by atoms with van der Waals surface area (Å²) in [6, 6.07) is 17.6. The van der Waals surface area contributed by atoms with Crippen molar-refractivity contribution in [1.29, 1.82) is 0 Å². The van der Waals surface area contributed by atoms with E-state index < -0.39 is 0 Å². The van der Waals surface area contributed by atoms with Crippen molar-refractivity contribution >= 4 is 34.9 Å². The second-order valence-electron chi connectivity index (χ2n) is 8.44. The lowest BCUT2D eigenvalue weighted by molar-refractivity contribution is 0.215. The SMILES string of the molecule is CC1(C2CCC3(C)Nc4ccccc4SC3C2)CSc2ccccc2N1. The zero-order valence-electron chi connectivity index (χ0n) is 15.4. The zero-order chi connectivity index (χ0) is 17.8. The van der Waals surface area contributed by atoms with Gasteiger partial charge in [0.05, 0.1) is 0 Å². The molecule has 26 heavy (non-hydrogen) atoms. The van der Waals surface area contributed by atoms with Crippen LogP contribution in [0.5, 0.6) is 0 Å². The molecule has 0 amide bonds. The van der Waals surface area contributed by atoms with Crippen LogP contribution in [0.3, 0.4) is 0 Å². The highest BCUT2D eigenvalue weighted by atomic mass is 32.2. The highest BCUT2D eigenvalue weighted by Gasteiger charge is 2.48. The van der Waals surface area contributed by atoms with Gasteiger partial charge in [-0.2, -0.15) is 0 Å². The van der Waals surface area contributed by atoms with Crippen molar-refractivity contribution in [3.05, 3.63) is 48.5 Å². The summed E-state index contributed by atoms with van der Waals surface area (Å²) in [6.07, 6.45) is 3.80. The van der Waals surface area contributed by atoms with Crippen LogP contribution < -0.4 is 10.6 Å². The molecule has 2 aliphatic heterocycles. The van der Waals surface area contributed by atoms with Crippen molar-refractivity contribution in [3.8, 4) is 0 Å². The molecule has 0 bridgehead atoms. The van der Waals surface area contributed by atoms with Gasteiger partial charge in [-0.1, -0.05) is 24.3 Å². The van der Waals surface area contributed by atoms with E-state index in [1.54, 1.807) is 0 Å². The average Bonchev–Trinajstić information content (AvgIpc) is 2.65. The third kappa shape index (κ3) is 2.73. The van der Waals surface area contributed by atoms with Gasteiger partial charge in [0.25, 0.3) is 0 Å². The zero-order valence-corrected chi connectivity index (χ0v) is 17.1. The molecule has 0 aromatic heterocycles. The van der Waals surface area contributed by atoms with Crippen molar-refractivity contribution in [2.75, 3.05) is 16.4 Å². The van der Waals surface area contributed by atoms with Gasteiger partial charge in [0.2, 0.25) is 0 Å². The first-order valence-electron chi connectivity index (χ1n) is 9.60. The second kappa shape index (κ2) is 6.13. The van der Waals surface area contributed by atoms with E-state index in [9.17, 15) is 0 Å². The standard InChI is InChI=1S/C22H26N2S2/c1-21-12-11-15(13-20(21)26-19-10-6-4-8-17(19)23-21)22(2)14-25-18-9-5-3-7-16(18)24-22/h3-10,15,20,23-24H,11-14H2,1-2H3. The van der Waals surface area contributed by atoms with Crippen molar-refractivity contribution in [2.45, 2.75) is 59.2 Å². The van der Waals surface area contributed by atoms with E-state index in [2.05, 4.69) is 84.8 Å². The van der Waals surface area contributed by atoms with Crippen molar-refractivity contribution in [1.82, 2.24) is 0 Å². The topological polar surface area (TPSA) is 24.1 Å². The van der Waals surface area contributed by atoms with Crippen molar-refractivity contribution < 1.29 is 0 Å². The molecule has 136 valence electrons. The van der Waals surface area contributed by atoms with E-state index >= 15 is 0 Å². The minimum absolute atomic E-state index is 0.178.